The first kappa shape index (κ1) is 19.7. The van der Waals surface area contributed by atoms with Gasteiger partial charge in [0, 0.05) is 29.9 Å². The van der Waals surface area contributed by atoms with Gasteiger partial charge >= 0.3 is 0 Å². The maximum absolute atomic E-state index is 12.7. The second-order valence-electron chi connectivity index (χ2n) is 6.60. The predicted octanol–water partition coefficient (Wildman–Crippen LogP) is 4.25. The zero-order valence-corrected chi connectivity index (χ0v) is 16.4. The Morgan fingerprint density at radius 2 is 1.96 bits per heavy atom. The number of hydrogen-bond acceptors (Lipinski definition) is 4. The largest absolute Gasteiger partial charge is 0.490 e. The van der Waals surface area contributed by atoms with Gasteiger partial charge in [-0.2, -0.15) is 0 Å². The van der Waals surface area contributed by atoms with Gasteiger partial charge in [-0.05, 0) is 56.2 Å². The number of anilines is 2. The first-order valence-electron chi connectivity index (χ1n) is 9.73. The molecular formula is C22H26N2O4. The molecular weight excluding hydrogens is 356 g/mol. The summed E-state index contributed by atoms with van der Waals surface area (Å²) < 4.78 is 11.3. The highest BCUT2D eigenvalue weighted by Gasteiger charge is 2.22. The molecule has 28 heavy (non-hydrogen) atoms. The van der Waals surface area contributed by atoms with Crippen molar-refractivity contribution in [2.45, 2.75) is 33.1 Å². The molecule has 0 aromatic heterocycles. The first-order valence-corrected chi connectivity index (χ1v) is 9.73. The van der Waals surface area contributed by atoms with Gasteiger partial charge in [0.2, 0.25) is 5.91 Å². The van der Waals surface area contributed by atoms with E-state index in [1.807, 2.05) is 38.1 Å². The average Bonchev–Trinajstić information content (AvgIpc) is 3.13. The Balaban J connectivity index is 1.75. The lowest BCUT2D eigenvalue weighted by Crippen LogP contribution is -2.23. The zero-order chi connectivity index (χ0) is 19.9. The van der Waals surface area contributed by atoms with Gasteiger partial charge < -0.3 is 19.7 Å². The van der Waals surface area contributed by atoms with E-state index in [0.717, 1.165) is 18.5 Å². The van der Waals surface area contributed by atoms with Gasteiger partial charge in [0.15, 0.2) is 11.5 Å². The summed E-state index contributed by atoms with van der Waals surface area (Å²) in [5.41, 5.74) is 1.93. The monoisotopic (exact) mass is 382 g/mol. The van der Waals surface area contributed by atoms with E-state index in [9.17, 15) is 9.59 Å². The van der Waals surface area contributed by atoms with Crippen LogP contribution in [0, 0.1) is 0 Å². The van der Waals surface area contributed by atoms with Gasteiger partial charge in [0.25, 0.3) is 5.91 Å². The van der Waals surface area contributed by atoms with Crippen LogP contribution in [0.4, 0.5) is 11.4 Å². The molecule has 2 aromatic carbocycles. The third-order valence-corrected chi connectivity index (χ3v) is 4.46. The van der Waals surface area contributed by atoms with Crippen molar-refractivity contribution in [3.63, 3.8) is 0 Å². The fourth-order valence-corrected chi connectivity index (χ4v) is 3.12. The van der Waals surface area contributed by atoms with E-state index >= 15 is 0 Å². The number of nitrogens with zero attached hydrogens (tertiary/aromatic N) is 1. The topological polar surface area (TPSA) is 67.9 Å². The highest BCUT2D eigenvalue weighted by molar-refractivity contribution is 6.05. The molecule has 6 nitrogen and oxygen atoms in total. The highest BCUT2D eigenvalue weighted by Crippen LogP contribution is 2.29. The number of nitrogens with one attached hydrogen (secondary N) is 1. The molecule has 2 amide bonds. The van der Waals surface area contributed by atoms with Crippen LogP contribution in [0.15, 0.2) is 42.5 Å². The summed E-state index contributed by atoms with van der Waals surface area (Å²) in [6.07, 6.45) is 2.33. The van der Waals surface area contributed by atoms with Crippen LogP contribution in [0.2, 0.25) is 0 Å². The standard InChI is InChI=1S/C22H26N2O4/c1-3-13-28-19-11-10-16(14-20(19)27-4-2)22(26)23-17-7-5-8-18(15-17)24-12-6-9-21(24)25/h5,7-8,10-11,14-15H,3-4,6,9,12-13H2,1-2H3,(H,23,26). The number of rotatable bonds is 8. The molecule has 0 bridgehead atoms. The van der Waals surface area contributed by atoms with E-state index in [2.05, 4.69) is 5.32 Å². The summed E-state index contributed by atoms with van der Waals surface area (Å²) >= 11 is 0. The molecule has 0 unspecified atom stereocenters. The minimum Gasteiger partial charge on any atom is -0.490 e. The Morgan fingerprint density at radius 3 is 2.68 bits per heavy atom. The van der Waals surface area contributed by atoms with E-state index in [4.69, 9.17) is 9.47 Å². The Morgan fingerprint density at radius 1 is 1.11 bits per heavy atom. The molecule has 1 heterocycles. The van der Waals surface area contributed by atoms with Crippen molar-refractivity contribution in [3.8, 4) is 11.5 Å². The van der Waals surface area contributed by atoms with Crippen LogP contribution < -0.4 is 19.7 Å². The smallest absolute Gasteiger partial charge is 0.255 e. The molecule has 1 fully saturated rings. The highest BCUT2D eigenvalue weighted by atomic mass is 16.5. The minimum atomic E-state index is -0.243. The maximum Gasteiger partial charge on any atom is 0.255 e. The lowest BCUT2D eigenvalue weighted by Gasteiger charge is -2.17. The van der Waals surface area contributed by atoms with Gasteiger partial charge in [-0.1, -0.05) is 13.0 Å². The first-order chi connectivity index (χ1) is 13.6. The van der Waals surface area contributed by atoms with Crippen LogP contribution in [-0.4, -0.2) is 31.6 Å². The second-order valence-corrected chi connectivity index (χ2v) is 6.60. The second kappa shape index (κ2) is 9.26. The van der Waals surface area contributed by atoms with Crippen molar-refractivity contribution in [1.82, 2.24) is 0 Å². The van der Waals surface area contributed by atoms with Crippen LogP contribution in [-0.2, 0) is 4.79 Å². The van der Waals surface area contributed by atoms with Gasteiger partial charge in [-0.3, -0.25) is 9.59 Å². The molecule has 3 rings (SSSR count). The molecule has 148 valence electrons. The predicted molar refractivity (Wildman–Crippen MR) is 109 cm³/mol. The Bertz CT molecular complexity index is 850. The molecule has 0 spiro atoms. The molecule has 0 aliphatic carbocycles. The van der Waals surface area contributed by atoms with Gasteiger partial charge in [0.1, 0.15) is 0 Å². The number of carbonyl (C=O) groups excluding carboxylic acids is 2. The molecule has 2 aromatic rings. The Kier molecular flexibility index (Phi) is 6.53. The van der Waals surface area contributed by atoms with Crippen molar-refractivity contribution < 1.29 is 19.1 Å². The summed E-state index contributed by atoms with van der Waals surface area (Å²) in [6.45, 7) is 5.72. The van der Waals surface area contributed by atoms with Crippen LogP contribution in [0.25, 0.3) is 0 Å². The van der Waals surface area contributed by atoms with Gasteiger partial charge in [0.05, 0.1) is 13.2 Å². The zero-order valence-electron chi connectivity index (χ0n) is 16.4. The summed E-state index contributed by atoms with van der Waals surface area (Å²) in [5, 5.41) is 2.90. The van der Waals surface area contributed by atoms with Crippen molar-refractivity contribution >= 4 is 23.2 Å². The van der Waals surface area contributed by atoms with Crippen LogP contribution in [0.3, 0.4) is 0 Å². The molecule has 0 radical (unpaired) electrons. The number of carbonyl (C=O) groups is 2. The molecule has 6 heteroatoms. The van der Waals surface area contributed by atoms with E-state index in [1.54, 1.807) is 23.1 Å². The van der Waals surface area contributed by atoms with Crippen molar-refractivity contribution in [1.29, 1.82) is 0 Å². The Hall–Kier alpha value is -3.02. The number of benzene rings is 2. The molecule has 1 saturated heterocycles. The van der Waals surface area contributed by atoms with E-state index in [1.165, 1.54) is 0 Å². The summed E-state index contributed by atoms with van der Waals surface area (Å²) in [5.74, 6) is 1.07. The molecule has 1 aliphatic rings. The fourth-order valence-electron chi connectivity index (χ4n) is 3.12. The van der Waals surface area contributed by atoms with Crippen molar-refractivity contribution in [3.05, 3.63) is 48.0 Å². The van der Waals surface area contributed by atoms with Gasteiger partial charge in [-0.25, -0.2) is 0 Å². The quantitative estimate of drug-likeness (QED) is 0.741. The molecule has 0 saturated carbocycles. The van der Waals surface area contributed by atoms with E-state index in [-0.39, 0.29) is 11.8 Å². The van der Waals surface area contributed by atoms with E-state index < -0.39 is 0 Å². The number of ether oxygens (including phenoxy) is 2. The molecule has 0 atom stereocenters. The van der Waals surface area contributed by atoms with Gasteiger partial charge in [-0.15, -0.1) is 0 Å². The lowest BCUT2D eigenvalue weighted by molar-refractivity contribution is -0.117. The molecule has 1 N–H and O–H groups in total. The third-order valence-electron chi connectivity index (χ3n) is 4.46. The van der Waals surface area contributed by atoms with Crippen LogP contribution in [0.5, 0.6) is 11.5 Å². The molecule has 1 aliphatic heterocycles. The fraction of sp³-hybridized carbons (Fsp3) is 0.364. The van der Waals surface area contributed by atoms with Crippen molar-refractivity contribution in [2.75, 3.05) is 30.0 Å². The van der Waals surface area contributed by atoms with Crippen LogP contribution in [0.1, 0.15) is 43.5 Å². The minimum absolute atomic E-state index is 0.118. The van der Waals surface area contributed by atoms with Crippen molar-refractivity contribution in [2.24, 2.45) is 0 Å². The number of hydrogen-bond donors (Lipinski definition) is 1. The maximum atomic E-state index is 12.7. The SMILES string of the molecule is CCCOc1ccc(C(=O)Nc2cccc(N3CCCC3=O)c2)cc1OCC. The summed E-state index contributed by atoms with van der Waals surface area (Å²) in [6, 6.07) is 12.5. The van der Waals surface area contributed by atoms with E-state index in [0.29, 0.717) is 48.9 Å². The normalized spacial score (nSPS) is 13.5. The average molecular weight is 382 g/mol. The summed E-state index contributed by atoms with van der Waals surface area (Å²) in [4.78, 5) is 26.4. The third kappa shape index (κ3) is 4.63. The number of amides is 2. The lowest BCUT2D eigenvalue weighted by atomic mass is 10.1. The Labute approximate surface area is 165 Å². The summed E-state index contributed by atoms with van der Waals surface area (Å²) in [7, 11) is 0. The van der Waals surface area contributed by atoms with Crippen LogP contribution >= 0.6 is 0 Å².